The van der Waals surface area contributed by atoms with Crippen molar-refractivity contribution >= 4 is 11.9 Å². The van der Waals surface area contributed by atoms with Gasteiger partial charge < -0.3 is 9.47 Å². The molecule has 140 valence electrons. The summed E-state index contributed by atoms with van der Waals surface area (Å²) in [5.74, 6) is -4.58. The van der Waals surface area contributed by atoms with Crippen LogP contribution in [0.4, 0.5) is 26.3 Å². The zero-order chi connectivity index (χ0) is 17.3. The Bertz CT molecular complexity index is 398. The lowest BCUT2D eigenvalue weighted by molar-refractivity contribution is -0.360. The summed E-state index contributed by atoms with van der Waals surface area (Å²) in [6, 6.07) is 0. The molecule has 0 aliphatic rings. The van der Waals surface area contributed by atoms with Gasteiger partial charge in [-0.25, -0.2) is 4.79 Å². The van der Waals surface area contributed by atoms with Crippen LogP contribution in [0.1, 0.15) is 42.0 Å². The van der Waals surface area contributed by atoms with Crippen molar-refractivity contribution in [2.75, 3.05) is 7.11 Å². The lowest BCUT2D eigenvalue weighted by Crippen LogP contribution is -2.66. The van der Waals surface area contributed by atoms with Crippen molar-refractivity contribution in [3.05, 3.63) is 0 Å². The Morgan fingerprint density at radius 3 is 1.43 bits per heavy atom. The van der Waals surface area contributed by atoms with Crippen molar-refractivity contribution in [1.29, 1.82) is 0 Å². The molecule has 0 radical (unpaired) electrons. The van der Waals surface area contributed by atoms with E-state index in [0.29, 0.717) is 7.11 Å². The predicted octanol–water partition coefficient (Wildman–Crippen LogP) is 4.27. The quantitative estimate of drug-likeness (QED) is 0.557. The second-order valence-corrected chi connectivity index (χ2v) is 4.80. The van der Waals surface area contributed by atoms with Gasteiger partial charge in [0.15, 0.2) is 0 Å². The van der Waals surface area contributed by atoms with E-state index >= 15 is 0 Å². The molecule has 0 fully saturated rings. The van der Waals surface area contributed by atoms with Crippen LogP contribution in [0.2, 0.25) is 0 Å². The van der Waals surface area contributed by atoms with Gasteiger partial charge in [0.05, 0.1) is 12.5 Å². The largest absolute Gasteiger partial charge is 0.466 e. The van der Waals surface area contributed by atoms with Gasteiger partial charge >= 0.3 is 29.9 Å². The first-order valence-electron chi connectivity index (χ1n) is 5.62. The Morgan fingerprint density at radius 1 is 0.870 bits per heavy atom. The lowest BCUT2D eigenvalue weighted by atomic mass is 9.90. The van der Waals surface area contributed by atoms with Crippen molar-refractivity contribution in [2.24, 2.45) is 5.41 Å². The number of methoxy groups -OCH3 is 1. The molecule has 0 saturated carbocycles. The third-order valence-electron chi connectivity index (χ3n) is 2.95. The summed E-state index contributed by atoms with van der Waals surface area (Å²) in [6.07, 6.45) is -12.5. The van der Waals surface area contributed by atoms with Crippen molar-refractivity contribution in [1.82, 2.24) is 0 Å². The van der Waals surface area contributed by atoms with E-state index in [-0.39, 0.29) is 21.3 Å². The highest BCUT2D eigenvalue weighted by molar-refractivity contribution is 5.87. The Hall–Kier alpha value is -1.48. The molecule has 0 aromatic carbocycles. The van der Waals surface area contributed by atoms with E-state index in [2.05, 4.69) is 9.47 Å². The molecule has 0 saturated heterocycles. The van der Waals surface area contributed by atoms with Crippen molar-refractivity contribution in [2.45, 2.75) is 60.0 Å². The fourth-order valence-corrected chi connectivity index (χ4v) is 1.11. The van der Waals surface area contributed by atoms with E-state index < -0.39 is 35.3 Å². The summed E-state index contributed by atoms with van der Waals surface area (Å²) in [6.45, 7) is 3.54. The zero-order valence-corrected chi connectivity index (χ0v) is 11.6. The highest BCUT2D eigenvalue weighted by atomic mass is 19.4. The molecule has 0 amide bonds. The standard InChI is InChI=1S/C11H14F6O4.2CH4/c1-5-8(2,3)6(18)21-9(7(19)20-4,10(12,13)14)11(15,16)17;;/h5H2,1-4H3;2*1H4. The average Bonchev–Trinajstić information content (AvgIpc) is 2.31. The van der Waals surface area contributed by atoms with Crippen LogP contribution >= 0.6 is 0 Å². The van der Waals surface area contributed by atoms with Crippen LogP contribution in [-0.2, 0) is 19.1 Å². The molecule has 0 bridgehead atoms. The second-order valence-electron chi connectivity index (χ2n) is 4.80. The van der Waals surface area contributed by atoms with Crippen LogP contribution in [0.5, 0.6) is 0 Å². The number of carbonyl (C=O) groups excluding carboxylic acids is 2. The normalized spacial score (nSPS) is 12.6. The first-order chi connectivity index (χ1) is 9.17. The molecule has 0 aliphatic carbocycles. The molecule has 0 rings (SSSR count). The van der Waals surface area contributed by atoms with Crippen LogP contribution in [0.15, 0.2) is 0 Å². The average molecular weight is 356 g/mol. The topological polar surface area (TPSA) is 52.6 Å². The number of alkyl halides is 6. The summed E-state index contributed by atoms with van der Waals surface area (Å²) in [5, 5.41) is 0. The maximum Gasteiger partial charge on any atom is 0.449 e. The number of halogens is 6. The summed E-state index contributed by atoms with van der Waals surface area (Å²) in [5.41, 5.74) is -6.99. The molecule has 0 atom stereocenters. The Labute approximate surface area is 131 Å². The minimum atomic E-state index is -6.22. The van der Waals surface area contributed by atoms with Crippen LogP contribution in [0.25, 0.3) is 0 Å². The van der Waals surface area contributed by atoms with E-state index in [1.165, 1.54) is 6.92 Å². The van der Waals surface area contributed by atoms with Crippen molar-refractivity contribution in [3.63, 3.8) is 0 Å². The molecule has 0 aromatic rings. The van der Waals surface area contributed by atoms with Gasteiger partial charge in [0.2, 0.25) is 0 Å². The van der Waals surface area contributed by atoms with E-state index in [1.54, 1.807) is 0 Å². The maximum atomic E-state index is 12.9. The van der Waals surface area contributed by atoms with E-state index in [9.17, 15) is 35.9 Å². The summed E-state index contributed by atoms with van der Waals surface area (Å²) >= 11 is 0. The van der Waals surface area contributed by atoms with E-state index in [4.69, 9.17) is 0 Å². The van der Waals surface area contributed by atoms with Gasteiger partial charge in [0, 0.05) is 0 Å². The highest BCUT2D eigenvalue weighted by Crippen LogP contribution is 2.47. The Balaban J connectivity index is -0.00000200. The SMILES string of the molecule is C.C.CCC(C)(C)C(=O)OC(C(=O)OC)(C(F)(F)F)C(F)(F)F. The van der Waals surface area contributed by atoms with Crippen LogP contribution in [0, 0.1) is 5.41 Å². The van der Waals surface area contributed by atoms with Crippen molar-refractivity contribution in [3.8, 4) is 0 Å². The summed E-state index contributed by atoms with van der Waals surface area (Å²) in [7, 11) is 0.327. The molecule has 0 spiro atoms. The third kappa shape index (κ3) is 4.74. The molecule has 23 heavy (non-hydrogen) atoms. The maximum absolute atomic E-state index is 12.9. The molecule has 0 unspecified atom stereocenters. The van der Waals surface area contributed by atoms with Gasteiger partial charge in [-0.3, -0.25) is 4.79 Å². The van der Waals surface area contributed by atoms with Crippen molar-refractivity contribution < 1.29 is 45.4 Å². The highest BCUT2D eigenvalue weighted by Gasteiger charge is 2.80. The van der Waals surface area contributed by atoms with Gasteiger partial charge in [-0.05, 0) is 20.3 Å². The second kappa shape index (κ2) is 7.87. The zero-order valence-electron chi connectivity index (χ0n) is 11.6. The van der Waals surface area contributed by atoms with Gasteiger partial charge in [-0.15, -0.1) is 0 Å². The van der Waals surface area contributed by atoms with Crippen LogP contribution < -0.4 is 0 Å². The van der Waals surface area contributed by atoms with Gasteiger partial charge in [0.25, 0.3) is 0 Å². The number of esters is 2. The molecular formula is C13H22F6O4. The van der Waals surface area contributed by atoms with Gasteiger partial charge in [-0.1, -0.05) is 21.8 Å². The number of ether oxygens (including phenoxy) is 2. The monoisotopic (exact) mass is 356 g/mol. The van der Waals surface area contributed by atoms with Gasteiger partial charge in [0.1, 0.15) is 0 Å². The number of carbonyl (C=O) groups is 2. The molecule has 4 nitrogen and oxygen atoms in total. The number of rotatable bonds is 4. The lowest BCUT2D eigenvalue weighted by Gasteiger charge is -2.35. The molecule has 0 N–H and O–H groups in total. The molecule has 0 aromatic heterocycles. The predicted molar refractivity (Wildman–Crippen MR) is 70.5 cm³/mol. The first kappa shape index (κ1) is 26.4. The van der Waals surface area contributed by atoms with E-state index in [0.717, 1.165) is 13.8 Å². The van der Waals surface area contributed by atoms with Crippen LogP contribution in [-0.4, -0.2) is 37.0 Å². The minimum Gasteiger partial charge on any atom is -0.466 e. The fraction of sp³-hybridized carbons (Fsp3) is 0.846. The van der Waals surface area contributed by atoms with E-state index in [1.807, 2.05) is 0 Å². The minimum absolute atomic E-state index is 0. The first-order valence-corrected chi connectivity index (χ1v) is 5.62. The Kier molecular flexibility index (Phi) is 9.04. The molecular weight excluding hydrogens is 334 g/mol. The summed E-state index contributed by atoms with van der Waals surface area (Å²) in [4.78, 5) is 22.7. The van der Waals surface area contributed by atoms with Gasteiger partial charge in [-0.2, -0.15) is 26.3 Å². The molecule has 10 heteroatoms. The third-order valence-corrected chi connectivity index (χ3v) is 2.95. The molecule has 0 aliphatic heterocycles. The number of hydrogen-bond donors (Lipinski definition) is 0. The number of hydrogen-bond acceptors (Lipinski definition) is 4. The fourth-order valence-electron chi connectivity index (χ4n) is 1.11. The van der Waals surface area contributed by atoms with Crippen LogP contribution in [0.3, 0.4) is 0 Å². The Morgan fingerprint density at radius 2 is 1.22 bits per heavy atom. The smallest absolute Gasteiger partial charge is 0.449 e. The molecule has 0 heterocycles. The summed E-state index contributed by atoms with van der Waals surface area (Å²) < 4.78 is 84.3.